The van der Waals surface area contributed by atoms with Crippen LogP contribution in [-0.2, 0) is 10.0 Å². The lowest BCUT2D eigenvalue weighted by atomic mass is 10.2. The fourth-order valence-corrected chi connectivity index (χ4v) is 1.45. The van der Waals surface area contributed by atoms with E-state index in [1.165, 1.54) is 17.0 Å². The zero-order valence-electron chi connectivity index (χ0n) is 7.52. The van der Waals surface area contributed by atoms with Gasteiger partial charge in [-0.05, 0) is 19.1 Å². The molecule has 0 radical (unpaired) electrons. The lowest BCUT2D eigenvalue weighted by Gasteiger charge is -2.01. The molecule has 1 aromatic carbocycles. The number of nitrogens with one attached hydrogen (secondary N) is 1. The summed E-state index contributed by atoms with van der Waals surface area (Å²) in [6, 6.07) is 6.18. The molecule has 76 valence electrons. The molecule has 6 heteroatoms. The van der Waals surface area contributed by atoms with Crippen LogP contribution in [0, 0.1) is 6.92 Å². The molecule has 0 aromatic heterocycles. The lowest BCUT2D eigenvalue weighted by Crippen LogP contribution is -2.35. The summed E-state index contributed by atoms with van der Waals surface area (Å²) in [4.78, 5) is 12.8. The van der Waals surface area contributed by atoms with Crippen LogP contribution in [0.2, 0.25) is 0 Å². The number of rotatable bonds is 2. The Balaban J connectivity index is 3.08. The summed E-state index contributed by atoms with van der Waals surface area (Å²) in [5, 5.41) is -1.03. The van der Waals surface area contributed by atoms with E-state index in [4.69, 9.17) is 5.84 Å². The van der Waals surface area contributed by atoms with Gasteiger partial charge >= 0.3 is 0 Å². The maximum absolute atomic E-state index is 11.3. The molecule has 0 saturated carbocycles. The minimum atomic E-state index is -4.08. The Kier molecular flexibility index (Phi) is 3.00. The Morgan fingerprint density at radius 2 is 1.79 bits per heavy atom. The van der Waals surface area contributed by atoms with Gasteiger partial charge in [-0.15, -0.1) is 4.83 Å². The van der Waals surface area contributed by atoms with Crippen LogP contribution in [0.1, 0.15) is 15.9 Å². The molecule has 5 nitrogen and oxygen atoms in total. The van der Waals surface area contributed by atoms with Crippen molar-refractivity contribution in [2.45, 2.75) is 6.92 Å². The van der Waals surface area contributed by atoms with E-state index in [1.54, 1.807) is 12.1 Å². The van der Waals surface area contributed by atoms with Crippen molar-refractivity contribution in [2.75, 3.05) is 0 Å². The quantitative estimate of drug-likeness (QED) is 0.532. The van der Waals surface area contributed by atoms with Gasteiger partial charge in [0.25, 0.3) is 15.1 Å². The minimum Gasteiger partial charge on any atom is -0.274 e. The van der Waals surface area contributed by atoms with Crippen LogP contribution in [0.25, 0.3) is 0 Å². The Labute approximate surface area is 81.9 Å². The molecule has 0 atom stereocenters. The van der Waals surface area contributed by atoms with Gasteiger partial charge in [-0.3, -0.25) is 10.6 Å². The van der Waals surface area contributed by atoms with Gasteiger partial charge in [-0.25, -0.2) is 8.42 Å². The van der Waals surface area contributed by atoms with Crippen LogP contribution in [-0.4, -0.2) is 13.5 Å². The van der Waals surface area contributed by atoms with Crippen molar-refractivity contribution in [2.24, 2.45) is 5.84 Å². The van der Waals surface area contributed by atoms with Crippen LogP contribution >= 0.6 is 0 Å². The maximum atomic E-state index is 11.3. The van der Waals surface area contributed by atoms with Crippen LogP contribution in [0.5, 0.6) is 0 Å². The summed E-state index contributed by atoms with van der Waals surface area (Å²) in [5.74, 6) is 4.72. The molecule has 0 spiro atoms. The number of benzene rings is 1. The van der Waals surface area contributed by atoms with Gasteiger partial charge in [-0.2, -0.15) is 0 Å². The molecule has 14 heavy (non-hydrogen) atoms. The van der Waals surface area contributed by atoms with Gasteiger partial charge in [0, 0.05) is 5.56 Å². The van der Waals surface area contributed by atoms with Gasteiger partial charge in [0.15, 0.2) is 0 Å². The zero-order chi connectivity index (χ0) is 10.8. The van der Waals surface area contributed by atoms with Crippen molar-refractivity contribution in [1.82, 2.24) is 4.83 Å². The number of hydrogen-bond donors (Lipinski definition) is 2. The summed E-state index contributed by atoms with van der Waals surface area (Å²) in [6.45, 7) is 1.84. The Morgan fingerprint density at radius 3 is 2.21 bits per heavy atom. The molecule has 0 unspecified atom stereocenters. The number of carbonyl (C=O) groups is 1. The summed E-state index contributed by atoms with van der Waals surface area (Å²) in [7, 11) is -4.08. The third-order valence-electron chi connectivity index (χ3n) is 1.69. The average Bonchev–Trinajstić information content (AvgIpc) is 2.18. The molecule has 1 aromatic rings. The first kappa shape index (κ1) is 10.8. The van der Waals surface area contributed by atoms with Crippen molar-refractivity contribution in [3.05, 3.63) is 35.4 Å². The monoisotopic (exact) mass is 214 g/mol. The first-order chi connectivity index (χ1) is 6.47. The predicted molar refractivity (Wildman–Crippen MR) is 51.8 cm³/mol. The molecule has 1 rings (SSSR count). The molecule has 0 saturated heterocycles. The van der Waals surface area contributed by atoms with Gasteiger partial charge in [0.2, 0.25) is 0 Å². The first-order valence-electron chi connectivity index (χ1n) is 3.81. The fourth-order valence-electron chi connectivity index (χ4n) is 0.898. The lowest BCUT2D eigenvalue weighted by molar-refractivity contribution is 0.107. The molecule has 3 N–H and O–H groups in total. The minimum absolute atomic E-state index is 0.0913. The summed E-state index contributed by atoms with van der Waals surface area (Å²) >= 11 is 0. The number of aryl methyl sites for hydroxylation is 1. The molecule has 0 fully saturated rings. The van der Waals surface area contributed by atoms with E-state index in [9.17, 15) is 13.2 Å². The second-order valence-electron chi connectivity index (χ2n) is 2.77. The number of hydrogen-bond acceptors (Lipinski definition) is 4. The second kappa shape index (κ2) is 3.87. The van der Waals surface area contributed by atoms with E-state index in [0.29, 0.717) is 0 Å². The number of nitrogens with two attached hydrogens (primary N) is 1. The molecule has 0 bridgehead atoms. The van der Waals surface area contributed by atoms with Crippen molar-refractivity contribution >= 4 is 15.1 Å². The van der Waals surface area contributed by atoms with Crippen LogP contribution in [0.3, 0.4) is 0 Å². The highest BCUT2D eigenvalue weighted by molar-refractivity contribution is 8.04. The molecule has 0 aliphatic carbocycles. The summed E-state index contributed by atoms with van der Waals surface area (Å²) < 4.78 is 22.0. The van der Waals surface area contributed by atoms with E-state index in [-0.39, 0.29) is 5.56 Å². The van der Waals surface area contributed by atoms with E-state index < -0.39 is 15.1 Å². The van der Waals surface area contributed by atoms with E-state index >= 15 is 0 Å². The summed E-state index contributed by atoms with van der Waals surface area (Å²) in [6.07, 6.45) is 0. The van der Waals surface area contributed by atoms with Gasteiger partial charge in [-0.1, -0.05) is 17.7 Å². The van der Waals surface area contributed by atoms with Crippen LogP contribution in [0.4, 0.5) is 0 Å². The molecule has 0 aliphatic heterocycles. The number of carbonyl (C=O) groups excluding carboxylic acids is 1. The number of hydrazine groups is 1. The smallest absolute Gasteiger partial charge is 0.274 e. The highest BCUT2D eigenvalue weighted by Crippen LogP contribution is 2.06. The SMILES string of the molecule is Cc1ccc(C(=O)S(=O)(=O)NN)cc1. The Bertz CT molecular complexity index is 436. The molecular formula is C8H10N2O3S. The van der Waals surface area contributed by atoms with Gasteiger partial charge in [0.05, 0.1) is 0 Å². The van der Waals surface area contributed by atoms with E-state index in [1.807, 2.05) is 6.92 Å². The maximum Gasteiger partial charge on any atom is 0.292 e. The molecule has 0 heterocycles. The standard InChI is InChI=1S/C8H10N2O3S/c1-6-2-4-7(5-3-6)8(11)14(12,13)10-9/h2-5,10H,9H2,1H3. The Morgan fingerprint density at radius 1 is 1.29 bits per heavy atom. The number of sulfonamides is 1. The Hall–Kier alpha value is -1.24. The molecule has 0 aliphatic rings. The normalized spacial score (nSPS) is 11.3. The van der Waals surface area contributed by atoms with Gasteiger partial charge < -0.3 is 0 Å². The van der Waals surface area contributed by atoms with Crippen molar-refractivity contribution in [3.63, 3.8) is 0 Å². The van der Waals surface area contributed by atoms with Crippen molar-refractivity contribution < 1.29 is 13.2 Å². The highest BCUT2D eigenvalue weighted by atomic mass is 32.2. The second-order valence-corrected chi connectivity index (χ2v) is 4.39. The molecular weight excluding hydrogens is 204 g/mol. The largest absolute Gasteiger partial charge is 0.292 e. The fraction of sp³-hybridized carbons (Fsp3) is 0.125. The van der Waals surface area contributed by atoms with Gasteiger partial charge in [0.1, 0.15) is 0 Å². The van der Waals surface area contributed by atoms with Crippen LogP contribution < -0.4 is 10.7 Å². The predicted octanol–water partition coefficient (Wildman–Crippen LogP) is -0.0717. The van der Waals surface area contributed by atoms with Crippen molar-refractivity contribution in [1.29, 1.82) is 0 Å². The highest BCUT2D eigenvalue weighted by Gasteiger charge is 2.21. The van der Waals surface area contributed by atoms with E-state index in [0.717, 1.165) is 5.56 Å². The summed E-state index contributed by atoms with van der Waals surface area (Å²) in [5.41, 5.74) is 1.04. The first-order valence-corrected chi connectivity index (χ1v) is 5.29. The topological polar surface area (TPSA) is 89.3 Å². The third kappa shape index (κ3) is 2.16. The third-order valence-corrected chi connectivity index (χ3v) is 2.72. The van der Waals surface area contributed by atoms with E-state index in [2.05, 4.69) is 0 Å². The van der Waals surface area contributed by atoms with Crippen molar-refractivity contribution in [3.8, 4) is 0 Å². The zero-order valence-corrected chi connectivity index (χ0v) is 8.34. The molecule has 0 amide bonds. The van der Waals surface area contributed by atoms with Crippen LogP contribution in [0.15, 0.2) is 24.3 Å². The average molecular weight is 214 g/mol.